The van der Waals surface area contributed by atoms with E-state index in [1.807, 2.05) is 12.1 Å². The van der Waals surface area contributed by atoms with E-state index < -0.39 is 0 Å². The topological polar surface area (TPSA) is 18.1 Å². The fourth-order valence-electron chi connectivity index (χ4n) is 6.92. The van der Waals surface area contributed by atoms with Gasteiger partial charge in [0, 0.05) is 44.1 Å². The van der Waals surface area contributed by atoms with Crippen LogP contribution in [0.2, 0.25) is 5.02 Å². The van der Waals surface area contributed by atoms with Gasteiger partial charge >= 0.3 is 0 Å². The predicted octanol–water partition coefficient (Wildman–Crippen LogP) is -4.93. The van der Waals surface area contributed by atoms with Crippen molar-refractivity contribution in [2.45, 2.75) is 0 Å². The molecular formula is C30H26B8ClNO. The molecule has 0 radical (unpaired) electrons. The Kier molecular flexibility index (Phi) is 5.96. The van der Waals surface area contributed by atoms with Crippen molar-refractivity contribution in [1.29, 1.82) is 0 Å². The molecular weight excluding hydrogens is 512 g/mol. The Balaban J connectivity index is 1.76. The number of hydrogen-bond donors (Lipinski definition) is 0. The van der Waals surface area contributed by atoms with Gasteiger partial charge in [0.25, 0.3) is 0 Å². The zero-order chi connectivity index (χ0) is 28.9. The number of rotatable bonds is 2. The van der Waals surface area contributed by atoms with Gasteiger partial charge in [0.15, 0.2) is 0 Å². The third-order valence-electron chi connectivity index (χ3n) is 9.87. The third-order valence-corrected chi connectivity index (χ3v) is 10.1. The number of halogens is 1. The second kappa shape index (κ2) is 9.26. The molecule has 7 rings (SSSR count). The van der Waals surface area contributed by atoms with Crippen LogP contribution in [0.1, 0.15) is 0 Å². The predicted molar refractivity (Wildman–Crippen MR) is 204 cm³/mol. The lowest BCUT2D eigenvalue weighted by Crippen LogP contribution is -2.49. The first-order chi connectivity index (χ1) is 19.6. The number of hydrogen-bond acceptors (Lipinski definition) is 1. The summed E-state index contributed by atoms with van der Waals surface area (Å²) in [6.45, 7) is 0. The maximum atomic E-state index is 6.53. The van der Waals surface area contributed by atoms with Crippen LogP contribution in [0, 0.1) is 0 Å². The molecule has 0 aliphatic heterocycles. The van der Waals surface area contributed by atoms with Crippen LogP contribution in [0.25, 0.3) is 60.6 Å². The van der Waals surface area contributed by atoms with Crippen molar-refractivity contribution in [2.75, 3.05) is 0 Å². The van der Waals surface area contributed by atoms with Gasteiger partial charge in [-0.25, -0.2) is 0 Å². The van der Waals surface area contributed by atoms with Gasteiger partial charge in [-0.2, -0.15) is 0 Å². The molecule has 0 unspecified atom stereocenters. The van der Waals surface area contributed by atoms with Gasteiger partial charge in [-0.05, 0) is 40.6 Å². The van der Waals surface area contributed by atoms with Crippen molar-refractivity contribution in [3.8, 4) is 16.8 Å². The van der Waals surface area contributed by atoms with Crippen LogP contribution in [0.15, 0.2) is 65.1 Å². The standard InChI is InChI=1S/C30H26B8ClNO/c31-20-18-19-21(32)23(34)25(36)27(38)29(19)40(28(18)26(37)24(35)22(20)33)13-9-15(11-4-2-1-3-5-11)30-16(10-13)14-7-6-12(39)8-17(14)41-30/h1-10H,31-38H2. The largest absolute Gasteiger partial charge is 0.455 e. The summed E-state index contributed by atoms with van der Waals surface area (Å²) in [5.41, 5.74) is 18.5. The van der Waals surface area contributed by atoms with Crippen LogP contribution in [0.5, 0.6) is 0 Å². The van der Waals surface area contributed by atoms with Crippen molar-refractivity contribution >= 4 is 162 Å². The first-order valence-corrected chi connectivity index (χ1v) is 14.7. The maximum absolute atomic E-state index is 6.53. The highest BCUT2D eigenvalue weighted by molar-refractivity contribution is 6.71. The Bertz CT molecular complexity index is 2180. The number of benzene rings is 5. The summed E-state index contributed by atoms with van der Waals surface area (Å²) in [7, 11) is 18.2. The Morgan fingerprint density at radius 2 is 1.12 bits per heavy atom. The highest BCUT2D eigenvalue weighted by Crippen LogP contribution is 2.40. The normalized spacial score (nSPS) is 11.8. The van der Waals surface area contributed by atoms with Gasteiger partial charge in [0.05, 0.1) is 0 Å². The summed E-state index contributed by atoms with van der Waals surface area (Å²) in [4.78, 5) is 0. The van der Waals surface area contributed by atoms with Gasteiger partial charge < -0.3 is 8.98 Å². The summed E-state index contributed by atoms with van der Waals surface area (Å²) in [5.74, 6) is 0. The molecule has 0 aliphatic rings. The SMILES string of the molecule is Bc1c(B)c(B)c2c(c1B)c1c(B)c(B)c(B)c(B)c1n2-c1cc(-c2ccccc2)c2oc3cc(Cl)ccc3c2c1. The second-order valence-corrected chi connectivity index (χ2v) is 12.2. The maximum Gasteiger partial charge on any atom is 0.143 e. The molecule has 0 fully saturated rings. The highest BCUT2D eigenvalue weighted by Gasteiger charge is 2.24. The van der Waals surface area contributed by atoms with Crippen LogP contribution in [-0.4, -0.2) is 67.3 Å². The molecule has 0 aliphatic carbocycles. The minimum Gasteiger partial charge on any atom is -0.455 e. The van der Waals surface area contributed by atoms with E-state index in [0.29, 0.717) is 5.02 Å². The summed E-state index contributed by atoms with van der Waals surface area (Å²) in [6.07, 6.45) is 0. The molecule has 0 amide bonds. The molecule has 2 aromatic heterocycles. The Labute approximate surface area is 252 Å². The molecule has 0 bridgehead atoms. The molecule has 7 aromatic rings. The highest BCUT2D eigenvalue weighted by atomic mass is 35.5. The number of nitrogens with zero attached hydrogens (tertiary/aromatic N) is 1. The van der Waals surface area contributed by atoms with E-state index in [2.05, 4.69) is 116 Å². The van der Waals surface area contributed by atoms with Gasteiger partial charge in [0.1, 0.15) is 73.9 Å². The Hall–Kier alpha value is -3.49. The molecule has 41 heavy (non-hydrogen) atoms. The Morgan fingerprint density at radius 3 is 1.71 bits per heavy atom. The zero-order valence-corrected chi connectivity index (χ0v) is 25.8. The lowest BCUT2D eigenvalue weighted by Gasteiger charge is -2.18. The molecule has 188 valence electrons. The molecule has 5 aromatic carbocycles. The average Bonchev–Trinajstić information content (AvgIpc) is 3.52. The van der Waals surface area contributed by atoms with E-state index >= 15 is 0 Å². The smallest absolute Gasteiger partial charge is 0.143 e. The molecule has 2 heterocycles. The molecule has 0 spiro atoms. The summed E-state index contributed by atoms with van der Waals surface area (Å²) in [6, 6.07) is 21.2. The van der Waals surface area contributed by atoms with Gasteiger partial charge in [0.2, 0.25) is 0 Å². The van der Waals surface area contributed by atoms with Crippen molar-refractivity contribution in [3.05, 3.63) is 65.7 Å². The van der Waals surface area contributed by atoms with Gasteiger partial charge in [-0.1, -0.05) is 74.7 Å². The van der Waals surface area contributed by atoms with E-state index in [1.165, 1.54) is 65.5 Å². The van der Waals surface area contributed by atoms with Crippen molar-refractivity contribution in [2.24, 2.45) is 0 Å². The molecule has 11 heteroatoms. The van der Waals surface area contributed by atoms with Crippen molar-refractivity contribution < 1.29 is 4.42 Å². The number of aromatic nitrogens is 1. The fourth-order valence-corrected chi connectivity index (χ4v) is 7.09. The summed E-state index contributed by atoms with van der Waals surface area (Å²) < 4.78 is 9.06. The lowest BCUT2D eigenvalue weighted by molar-refractivity contribution is 0.670. The van der Waals surface area contributed by atoms with Crippen LogP contribution in [0.3, 0.4) is 0 Å². The number of fused-ring (bicyclic) bond motifs is 6. The van der Waals surface area contributed by atoms with E-state index in [-0.39, 0.29) is 0 Å². The van der Waals surface area contributed by atoms with Crippen LogP contribution in [0.4, 0.5) is 0 Å². The molecule has 0 saturated carbocycles. The fraction of sp³-hybridized carbons (Fsp3) is 0. The third kappa shape index (κ3) is 3.63. The van der Waals surface area contributed by atoms with Crippen molar-refractivity contribution in [1.82, 2.24) is 4.57 Å². The van der Waals surface area contributed by atoms with Crippen molar-refractivity contribution in [3.63, 3.8) is 0 Å². The van der Waals surface area contributed by atoms with E-state index in [1.54, 1.807) is 0 Å². The Morgan fingerprint density at radius 1 is 0.561 bits per heavy atom. The van der Waals surface area contributed by atoms with E-state index in [9.17, 15) is 0 Å². The zero-order valence-electron chi connectivity index (χ0n) is 25.0. The van der Waals surface area contributed by atoms with Crippen LogP contribution >= 0.6 is 11.6 Å². The van der Waals surface area contributed by atoms with Gasteiger partial charge in [-0.15, -0.1) is 10.9 Å². The first-order valence-electron chi connectivity index (χ1n) is 14.3. The van der Waals surface area contributed by atoms with E-state index in [4.69, 9.17) is 16.0 Å². The second-order valence-electron chi connectivity index (χ2n) is 11.8. The first kappa shape index (κ1) is 26.4. The molecule has 0 atom stereocenters. The minimum absolute atomic E-state index is 0.675. The summed E-state index contributed by atoms with van der Waals surface area (Å²) >= 11 is 6.40. The van der Waals surface area contributed by atoms with Crippen LogP contribution in [-0.2, 0) is 0 Å². The lowest BCUT2D eigenvalue weighted by atomic mass is 9.63. The molecule has 2 nitrogen and oxygen atoms in total. The summed E-state index contributed by atoms with van der Waals surface area (Å²) in [5, 5.41) is 5.59. The monoisotopic (exact) mass is 539 g/mol. The average molecular weight is 538 g/mol. The number of furan rings is 1. The van der Waals surface area contributed by atoms with Crippen LogP contribution < -0.4 is 43.7 Å². The quantitative estimate of drug-likeness (QED) is 0.202. The van der Waals surface area contributed by atoms with E-state index in [0.717, 1.165) is 38.8 Å². The molecule has 0 saturated heterocycles. The minimum atomic E-state index is 0.675. The molecule has 0 N–H and O–H groups in total. The van der Waals surface area contributed by atoms with Gasteiger partial charge in [-0.3, -0.25) is 0 Å².